The van der Waals surface area contributed by atoms with Gasteiger partial charge < -0.3 is 10.1 Å². The van der Waals surface area contributed by atoms with Crippen LogP contribution in [0.1, 0.15) is 39.0 Å². The number of likely N-dealkylation sites (N-methyl/N-ethyl adjacent to an activating group) is 1. The Morgan fingerprint density at radius 1 is 1.33 bits per heavy atom. The number of hydrogen-bond donors (Lipinski definition) is 1. The van der Waals surface area contributed by atoms with Gasteiger partial charge >= 0.3 is 0 Å². The van der Waals surface area contributed by atoms with E-state index in [1.165, 1.54) is 19.1 Å². The van der Waals surface area contributed by atoms with Crippen LogP contribution in [0, 0.1) is 11.8 Å². The van der Waals surface area contributed by atoms with Crippen molar-refractivity contribution in [3.8, 4) is 0 Å². The van der Waals surface area contributed by atoms with Gasteiger partial charge in [-0.1, -0.05) is 6.92 Å². The van der Waals surface area contributed by atoms with Crippen LogP contribution in [-0.4, -0.2) is 57.9 Å². The minimum absolute atomic E-state index is 0.276. The molecule has 124 valence electrons. The molecule has 1 aliphatic carbocycles. The van der Waals surface area contributed by atoms with Crippen molar-refractivity contribution in [1.82, 2.24) is 9.62 Å². The Bertz CT molecular complexity index is 423. The van der Waals surface area contributed by atoms with Gasteiger partial charge in [-0.2, -0.15) is 0 Å². The maximum atomic E-state index is 11.7. The summed E-state index contributed by atoms with van der Waals surface area (Å²) in [5.41, 5.74) is 0. The molecular formula is C15H30N2O3S. The van der Waals surface area contributed by atoms with E-state index in [1.807, 2.05) is 0 Å². The lowest BCUT2D eigenvalue weighted by Gasteiger charge is -2.35. The van der Waals surface area contributed by atoms with E-state index >= 15 is 0 Å². The molecule has 0 spiro atoms. The molecule has 2 fully saturated rings. The molecular weight excluding hydrogens is 288 g/mol. The predicted molar refractivity (Wildman–Crippen MR) is 84.7 cm³/mol. The fourth-order valence-electron chi connectivity index (χ4n) is 3.59. The van der Waals surface area contributed by atoms with Crippen LogP contribution in [0.3, 0.4) is 0 Å². The Morgan fingerprint density at radius 2 is 2.05 bits per heavy atom. The zero-order valence-corrected chi connectivity index (χ0v) is 14.4. The zero-order valence-electron chi connectivity index (χ0n) is 13.5. The lowest BCUT2D eigenvalue weighted by Crippen LogP contribution is -2.46. The van der Waals surface area contributed by atoms with Gasteiger partial charge in [-0.05, 0) is 50.5 Å². The van der Waals surface area contributed by atoms with Crippen LogP contribution in [0.15, 0.2) is 0 Å². The molecule has 1 N–H and O–H groups in total. The van der Waals surface area contributed by atoms with Gasteiger partial charge in [0.1, 0.15) is 0 Å². The molecule has 6 heteroatoms. The van der Waals surface area contributed by atoms with Crippen molar-refractivity contribution in [2.75, 3.05) is 33.0 Å². The molecule has 1 saturated heterocycles. The molecule has 0 bridgehead atoms. The van der Waals surface area contributed by atoms with Gasteiger partial charge in [0.05, 0.1) is 12.4 Å². The minimum atomic E-state index is -3.05. The molecule has 3 unspecified atom stereocenters. The molecule has 2 rings (SSSR count). The molecule has 0 aromatic heterocycles. The minimum Gasteiger partial charge on any atom is -0.380 e. The first-order valence-corrected chi connectivity index (χ1v) is 10.0. The van der Waals surface area contributed by atoms with E-state index in [0.717, 1.165) is 25.8 Å². The molecule has 0 aromatic rings. The number of methoxy groups -OCH3 is 1. The first-order valence-electron chi connectivity index (χ1n) is 8.17. The number of sulfonamides is 1. The molecule has 0 radical (unpaired) electrons. The lowest BCUT2D eigenvalue weighted by atomic mass is 9.89. The maximum Gasteiger partial charge on any atom is 0.211 e. The van der Waals surface area contributed by atoms with Gasteiger partial charge in [-0.15, -0.1) is 0 Å². The van der Waals surface area contributed by atoms with E-state index in [-0.39, 0.29) is 6.10 Å². The van der Waals surface area contributed by atoms with Crippen LogP contribution in [-0.2, 0) is 14.8 Å². The summed E-state index contributed by atoms with van der Waals surface area (Å²) in [6.45, 7) is 4.40. The fourth-order valence-corrected chi connectivity index (χ4v) is 4.53. The van der Waals surface area contributed by atoms with Crippen molar-refractivity contribution >= 4 is 10.0 Å². The molecule has 1 aliphatic heterocycles. The predicted octanol–water partition coefficient (Wildman–Crippen LogP) is 1.45. The van der Waals surface area contributed by atoms with Crippen molar-refractivity contribution in [3.05, 3.63) is 0 Å². The normalized spacial score (nSPS) is 27.5. The second kappa shape index (κ2) is 7.40. The average molecular weight is 318 g/mol. The SMILES string of the molecule is CCNC(CC1CCCN(S(C)(=O)=O)C1)C(OC)C1CC1. The topological polar surface area (TPSA) is 58.6 Å². The molecule has 1 heterocycles. The summed E-state index contributed by atoms with van der Waals surface area (Å²) in [5.74, 6) is 1.13. The quantitative estimate of drug-likeness (QED) is 0.736. The third-order valence-electron chi connectivity index (χ3n) is 4.76. The van der Waals surface area contributed by atoms with Crippen molar-refractivity contribution < 1.29 is 13.2 Å². The lowest BCUT2D eigenvalue weighted by molar-refractivity contribution is 0.0402. The van der Waals surface area contributed by atoms with Gasteiger partial charge in [0.2, 0.25) is 10.0 Å². The largest absolute Gasteiger partial charge is 0.380 e. The third kappa shape index (κ3) is 4.91. The number of rotatable bonds is 8. The Balaban J connectivity index is 1.95. The van der Waals surface area contributed by atoms with Gasteiger partial charge in [0.25, 0.3) is 0 Å². The van der Waals surface area contributed by atoms with Crippen LogP contribution in [0.2, 0.25) is 0 Å². The summed E-state index contributed by atoms with van der Waals surface area (Å²) in [7, 11) is -1.25. The van der Waals surface area contributed by atoms with Crippen molar-refractivity contribution in [3.63, 3.8) is 0 Å². The summed E-state index contributed by atoms with van der Waals surface area (Å²) in [4.78, 5) is 0. The highest BCUT2D eigenvalue weighted by molar-refractivity contribution is 7.88. The van der Waals surface area contributed by atoms with Crippen LogP contribution in [0.4, 0.5) is 0 Å². The van der Waals surface area contributed by atoms with E-state index in [9.17, 15) is 8.42 Å². The number of ether oxygens (including phenoxy) is 1. The first kappa shape index (κ1) is 17.2. The molecule has 0 amide bonds. The third-order valence-corrected chi connectivity index (χ3v) is 6.03. The number of nitrogens with one attached hydrogen (secondary N) is 1. The Kier molecular flexibility index (Phi) is 6.05. The van der Waals surface area contributed by atoms with Gasteiger partial charge in [0.15, 0.2) is 0 Å². The molecule has 3 atom stereocenters. The molecule has 0 aromatic carbocycles. The van der Waals surface area contributed by atoms with Crippen LogP contribution in [0.25, 0.3) is 0 Å². The van der Waals surface area contributed by atoms with E-state index in [1.54, 1.807) is 11.4 Å². The smallest absolute Gasteiger partial charge is 0.211 e. The highest BCUT2D eigenvalue weighted by atomic mass is 32.2. The monoisotopic (exact) mass is 318 g/mol. The fraction of sp³-hybridized carbons (Fsp3) is 1.00. The zero-order chi connectivity index (χ0) is 15.5. The Morgan fingerprint density at radius 3 is 2.57 bits per heavy atom. The van der Waals surface area contributed by atoms with Crippen LogP contribution in [0.5, 0.6) is 0 Å². The summed E-state index contributed by atoms with van der Waals surface area (Å²) < 4.78 is 30.8. The Labute approximate surface area is 129 Å². The highest BCUT2D eigenvalue weighted by Gasteiger charge is 2.38. The van der Waals surface area contributed by atoms with E-state index < -0.39 is 10.0 Å². The summed E-state index contributed by atoms with van der Waals surface area (Å²) in [6, 6.07) is 0.344. The van der Waals surface area contributed by atoms with Crippen LogP contribution >= 0.6 is 0 Å². The van der Waals surface area contributed by atoms with E-state index in [2.05, 4.69) is 12.2 Å². The van der Waals surface area contributed by atoms with Gasteiger partial charge in [0, 0.05) is 26.2 Å². The maximum absolute atomic E-state index is 11.7. The van der Waals surface area contributed by atoms with E-state index in [4.69, 9.17) is 4.74 Å². The van der Waals surface area contributed by atoms with E-state index in [0.29, 0.717) is 31.0 Å². The van der Waals surface area contributed by atoms with Gasteiger partial charge in [-0.3, -0.25) is 0 Å². The molecule has 1 saturated carbocycles. The molecule has 5 nitrogen and oxygen atoms in total. The number of piperidine rings is 1. The van der Waals surface area contributed by atoms with Crippen molar-refractivity contribution in [2.45, 2.75) is 51.2 Å². The average Bonchev–Trinajstić information content (AvgIpc) is 3.24. The molecule has 2 aliphatic rings. The summed E-state index contributed by atoms with van der Waals surface area (Å²) >= 11 is 0. The van der Waals surface area contributed by atoms with Crippen LogP contribution < -0.4 is 5.32 Å². The number of nitrogens with zero attached hydrogens (tertiary/aromatic N) is 1. The van der Waals surface area contributed by atoms with Crippen molar-refractivity contribution in [2.24, 2.45) is 11.8 Å². The standard InChI is InChI=1S/C15H30N2O3S/c1-4-16-14(15(20-2)13-7-8-13)10-12-6-5-9-17(11-12)21(3,18)19/h12-16H,4-11H2,1-3H3. The summed E-state index contributed by atoms with van der Waals surface area (Å²) in [5, 5.41) is 3.56. The number of hydrogen-bond acceptors (Lipinski definition) is 4. The van der Waals surface area contributed by atoms with Gasteiger partial charge in [-0.25, -0.2) is 12.7 Å². The molecule has 21 heavy (non-hydrogen) atoms. The second-order valence-corrected chi connectivity index (χ2v) is 8.55. The Hall–Kier alpha value is -0.170. The highest BCUT2D eigenvalue weighted by Crippen LogP contribution is 2.37. The second-order valence-electron chi connectivity index (χ2n) is 6.57. The van der Waals surface area contributed by atoms with Crippen molar-refractivity contribution in [1.29, 1.82) is 0 Å². The first-order chi connectivity index (χ1) is 9.95. The summed E-state index contributed by atoms with van der Waals surface area (Å²) in [6.07, 6.45) is 7.22.